The maximum atomic E-state index is 9.53. The Kier molecular flexibility index (Phi) is 4.46. The SMILES string of the molecule is [2H]c1c([2H])c([2H])c2c(oc3c([2H])c([2H])c(-c4c5ccccc5c(-c5ccc(-c6cccc(-c7ccccc7)c6)cc5)c5ccccc45)c([2H])c32)c1[2H]. The molecular formula is C44H28O. The van der Waals surface area contributed by atoms with Crippen molar-refractivity contribution in [1.82, 2.24) is 0 Å². The molecule has 0 spiro atoms. The lowest BCUT2D eigenvalue weighted by Crippen LogP contribution is -1.91. The van der Waals surface area contributed by atoms with Crippen molar-refractivity contribution in [3.63, 3.8) is 0 Å². The lowest BCUT2D eigenvalue weighted by Gasteiger charge is -2.18. The lowest BCUT2D eigenvalue weighted by molar-refractivity contribution is 0.669. The molecule has 8 aromatic carbocycles. The molecular weight excluding hydrogens is 544 g/mol. The van der Waals surface area contributed by atoms with E-state index in [9.17, 15) is 2.74 Å². The highest BCUT2D eigenvalue weighted by molar-refractivity contribution is 6.22. The van der Waals surface area contributed by atoms with Crippen LogP contribution in [0.15, 0.2) is 174 Å². The van der Waals surface area contributed by atoms with Gasteiger partial charge in [-0.05, 0) is 90.2 Å². The predicted molar refractivity (Wildman–Crippen MR) is 190 cm³/mol. The van der Waals surface area contributed by atoms with Crippen LogP contribution in [0.4, 0.5) is 0 Å². The molecule has 0 saturated heterocycles. The molecule has 0 atom stereocenters. The molecule has 1 nitrogen and oxygen atoms in total. The predicted octanol–water partition coefficient (Wildman–Crippen LogP) is 12.6. The average Bonchev–Trinajstić information content (AvgIpc) is 3.60. The van der Waals surface area contributed by atoms with Crippen molar-refractivity contribution in [2.24, 2.45) is 0 Å². The molecule has 0 aliphatic rings. The van der Waals surface area contributed by atoms with Gasteiger partial charge in [0.15, 0.2) is 0 Å². The van der Waals surface area contributed by atoms with Crippen molar-refractivity contribution >= 4 is 43.5 Å². The summed E-state index contributed by atoms with van der Waals surface area (Å²) in [5, 5.41) is 3.57. The first-order valence-electron chi connectivity index (χ1n) is 18.4. The molecule has 0 N–H and O–H groups in total. The first kappa shape index (κ1) is 19.4. The minimum absolute atomic E-state index is 0.0420. The van der Waals surface area contributed by atoms with E-state index in [1.807, 2.05) is 66.7 Å². The molecule has 1 heteroatoms. The van der Waals surface area contributed by atoms with Crippen molar-refractivity contribution < 1.29 is 14.0 Å². The van der Waals surface area contributed by atoms with Crippen LogP contribution in [0, 0.1) is 0 Å². The van der Waals surface area contributed by atoms with E-state index >= 15 is 0 Å². The molecule has 1 aromatic heterocycles. The van der Waals surface area contributed by atoms with E-state index in [0.717, 1.165) is 54.9 Å². The molecule has 0 saturated carbocycles. The number of furan rings is 1. The van der Waals surface area contributed by atoms with E-state index in [4.69, 9.17) is 11.3 Å². The summed E-state index contributed by atoms with van der Waals surface area (Å²) in [6.45, 7) is 0. The number of para-hydroxylation sites is 1. The molecule has 0 bridgehead atoms. The number of fused-ring (bicyclic) bond motifs is 5. The van der Waals surface area contributed by atoms with Crippen LogP contribution in [0.25, 0.3) is 88.0 Å². The van der Waals surface area contributed by atoms with Crippen LogP contribution < -0.4 is 0 Å². The third-order valence-corrected chi connectivity index (χ3v) is 8.54. The van der Waals surface area contributed by atoms with E-state index in [1.165, 1.54) is 0 Å². The number of hydrogen-bond donors (Lipinski definition) is 0. The van der Waals surface area contributed by atoms with Crippen molar-refractivity contribution in [3.05, 3.63) is 170 Å². The second-order valence-electron chi connectivity index (χ2n) is 11.1. The van der Waals surface area contributed by atoms with Crippen LogP contribution in [-0.4, -0.2) is 0 Å². The van der Waals surface area contributed by atoms with Gasteiger partial charge in [0.2, 0.25) is 0 Å². The van der Waals surface area contributed by atoms with Crippen molar-refractivity contribution in [2.75, 3.05) is 0 Å². The minimum atomic E-state index is -0.456. The summed E-state index contributed by atoms with van der Waals surface area (Å²) in [4.78, 5) is 0. The van der Waals surface area contributed by atoms with Crippen LogP contribution in [-0.2, 0) is 0 Å². The van der Waals surface area contributed by atoms with Gasteiger partial charge in [0.05, 0.1) is 9.60 Å². The Balaban J connectivity index is 1.28. The topological polar surface area (TPSA) is 13.1 Å². The molecule has 0 unspecified atom stereocenters. The Bertz CT molecular complexity index is 2860. The second-order valence-corrected chi connectivity index (χ2v) is 11.1. The van der Waals surface area contributed by atoms with Crippen LogP contribution in [0.3, 0.4) is 0 Å². The smallest absolute Gasteiger partial charge is 0.135 e. The Morgan fingerprint density at radius 1 is 0.356 bits per heavy atom. The zero-order valence-corrected chi connectivity index (χ0v) is 24.0. The Hall–Kier alpha value is -5.92. The summed E-state index contributed by atoms with van der Waals surface area (Å²) in [6, 6.07) is 40.9. The van der Waals surface area contributed by atoms with Gasteiger partial charge >= 0.3 is 0 Å². The Morgan fingerprint density at radius 2 is 0.867 bits per heavy atom. The third-order valence-electron chi connectivity index (χ3n) is 8.54. The zero-order chi connectivity index (χ0) is 35.8. The maximum absolute atomic E-state index is 9.53. The summed E-state index contributed by atoms with van der Waals surface area (Å²) < 4.78 is 67.2. The van der Waals surface area contributed by atoms with Gasteiger partial charge in [-0.3, -0.25) is 0 Å². The third kappa shape index (κ3) is 4.24. The van der Waals surface area contributed by atoms with Gasteiger partial charge in [-0.2, -0.15) is 0 Å². The van der Waals surface area contributed by atoms with Crippen LogP contribution in [0.2, 0.25) is 0 Å². The first-order valence-corrected chi connectivity index (χ1v) is 14.9. The normalized spacial score (nSPS) is 13.7. The quantitative estimate of drug-likeness (QED) is 0.189. The highest BCUT2D eigenvalue weighted by Crippen LogP contribution is 2.45. The molecule has 9 rings (SSSR count). The van der Waals surface area contributed by atoms with Gasteiger partial charge in [-0.15, -0.1) is 0 Å². The largest absolute Gasteiger partial charge is 0.456 e. The summed E-state index contributed by atoms with van der Waals surface area (Å²) in [5.41, 5.74) is 7.13. The zero-order valence-electron chi connectivity index (χ0n) is 31.0. The number of rotatable bonds is 4. The second kappa shape index (κ2) is 10.4. The van der Waals surface area contributed by atoms with Crippen LogP contribution >= 0.6 is 0 Å². The van der Waals surface area contributed by atoms with Gasteiger partial charge in [-0.1, -0.05) is 145 Å². The van der Waals surface area contributed by atoms with Crippen molar-refractivity contribution in [3.8, 4) is 44.5 Å². The fourth-order valence-corrected chi connectivity index (χ4v) is 6.48. The molecule has 210 valence electrons. The van der Waals surface area contributed by atoms with E-state index in [1.54, 1.807) is 0 Å². The van der Waals surface area contributed by atoms with E-state index in [2.05, 4.69) is 60.7 Å². The van der Waals surface area contributed by atoms with E-state index < -0.39 is 12.1 Å². The fraction of sp³-hybridized carbons (Fsp3) is 0. The molecule has 45 heavy (non-hydrogen) atoms. The lowest BCUT2D eigenvalue weighted by atomic mass is 9.85. The Labute approximate surface area is 271 Å². The highest BCUT2D eigenvalue weighted by Gasteiger charge is 2.18. The molecule has 0 amide bonds. The highest BCUT2D eigenvalue weighted by atomic mass is 16.3. The molecule has 1 heterocycles. The first-order chi connectivity index (χ1) is 25.2. The molecule has 0 fully saturated rings. The summed E-state index contributed by atoms with van der Waals surface area (Å²) in [5.74, 6) is 0. The van der Waals surface area contributed by atoms with E-state index in [-0.39, 0.29) is 57.7 Å². The van der Waals surface area contributed by atoms with Gasteiger partial charge in [0.1, 0.15) is 11.2 Å². The van der Waals surface area contributed by atoms with E-state index in [0.29, 0.717) is 5.56 Å². The Morgan fingerprint density at radius 3 is 1.53 bits per heavy atom. The average molecular weight is 580 g/mol. The number of hydrogen-bond acceptors (Lipinski definition) is 1. The van der Waals surface area contributed by atoms with Crippen molar-refractivity contribution in [1.29, 1.82) is 0 Å². The summed E-state index contributed by atoms with van der Waals surface area (Å²) >= 11 is 0. The monoisotopic (exact) mass is 579 g/mol. The summed E-state index contributed by atoms with van der Waals surface area (Å²) in [7, 11) is 0. The maximum Gasteiger partial charge on any atom is 0.135 e. The number of benzene rings is 8. The minimum Gasteiger partial charge on any atom is -0.456 e. The molecule has 0 radical (unpaired) electrons. The molecule has 9 aromatic rings. The van der Waals surface area contributed by atoms with Crippen molar-refractivity contribution in [2.45, 2.75) is 0 Å². The van der Waals surface area contributed by atoms with Crippen LogP contribution in [0.5, 0.6) is 0 Å². The van der Waals surface area contributed by atoms with Gasteiger partial charge in [0, 0.05) is 10.8 Å². The molecule has 0 aliphatic heterocycles. The van der Waals surface area contributed by atoms with Gasteiger partial charge in [0.25, 0.3) is 0 Å². The van der Waals surface area contributed by atoms with Crippen LogP contribution in [0.1, 0.15) is 9.60 Å². The molecule has 0 aliphatic carbocycles. The summed E-state index contributed by atoms with van der Waals surface area (Å²) in [6.07, 6.45) is 0. The fourth-order valence-electron chi connectivity index (χ4n) is 6.48. The van der Waals surface area contributed by atoms with Gasteiger partial charge < -0.3 is 4.42 Å². The standard InChI is InChI=1S/C44H28O/c1-2-11-29(12-3-1)32-13-10-14-33(27-32)30-21-23-31(24-22-30)43-36-16-4-6-18-38(36)44(39-19-7-5-17-37(39)43)34-25-26-42-40(28-34)35-15-8-9-20-41(35)45-42/h1-28H/i8D,9D,15D,20D,25D,26D,28D. The van der Waals surface area contributed by atoms with Gasteiger partial charge in [-0.25, -0.2) is 0 Å².